The van der Waals surface area contributed by atoms with E-state index in [0.29, 0.717) is 0 Å². The van der Waals surface area contributed by atoms with Crippen LogP contribution in [-0.4, -0.2) is 46.0 Å². The predicted molar refractivity (Wildman–Crippen MR) is 234 cm³/mol. The highest BCUT2D eigenvalue weighted by Gasteiger charge is 1.90. The fraction of sp³-hybridized carbons (Fsp3) is 1.00. The van der Waals surface area contributed by atoms with Gasteiger partial charge in [0.2, 0.25) is 0 Å². The lowest BCUT2D eigenvalue weighted by Crippen LogP contribution is -1.81. The summed E-state index contributed by atoms with van der Waals surface area (Å²) in [6.07, 6.45) is 28.4. The Bertz CT molecular complexity index is 243. The minimum absolute atomic E-state index is 0. The molecule has 4 heteroatoms. The first-order valence-electron chi connectivity index (χ1n) is 18.0. The van der Waals surface area contributed by atoms with Crippen LogP contribution in [0.1, 0.15) is 214 Å². The van der Waals surface area contributed by atoms with E-state index in [0.717, 1.165) is 0 Å². The SMILES string of the molecule is C.C.C.C.CCCCCCCSCC.CCCCCCCSCC.CCCCCCCSCC.CCCCCCCSCC. The van der Waals surface area contributed by atoms with E-state index < -0.39 is 0 Å². The summed E-state index contributed by atoms with van der Waals surface area (Å²) in [5.74, 6) is 10.6. The normalized spacial score (nSPS) is 9.27. The summed E-state index contributed by atoms with van der Waals surface area (Å²) in [4.78, 5) is 0. The molecule has 0 heterocycles. The fourth-order valence-corrected chi connectivity index (χ4v) is 6.60. The van der Waals surface area contributed by atoms with Crippen molar-refractivity contribution >= 4 is 47.0 Å². The molecule has 0 atom stereocenters. The van der Waals surface area contributed by atoms with Crippen molar-refractivity contribution in [3.8, 4) is 0 Å². The zero-order valence-corrected chi connectivity index (χ0v) is 32.7. The highest BCUT2D eigenvalue weighted by molar-refractivity contribution is 7.99. The molecular formula is C40H96S4. The molecule has 0 unspecified atom stereocenters. The lowest BCUT2D eigenvalue weighted by Gasteiger charge is -1.97. The van der Waals surface area contributed by atoms with Gasteiger partial charge in [0.05, 0.1) is 0 Å². The summed E-state index contributed by atoms with van der Waals surface area (Å²) in [6, 6.07) is 0. The molecule has 0 N–H and O–H groups in total. The Morgan fingerprint density at radius 2 is 0.386 bits per heavy atom. The zero-order valence-electron chi connectivity index (χ0n) is 29.4. The molecule has 280 valence electrons. The van der Waals surface area contributed by atoms with Gasteiger partial charge >= 0.3 is 0 Å². The molecule has 0 fully saturated rings. The molecule has 0 aromatic heterocycles. The molecule has 44 heavy (non-hydrogen) atoms. The molecule has 0 saturated carbocycles. The van der Waals surface area contributed by atoms with Crippen LogP contribution in [0.4, 0.5) is 0 Å². The van der Waals surface area contributed by atoms with Gasteiger partial charge in [-0.3, -0.25) is 0 Å². The second-order valence-corrected chi connectivity index (χ2v) is 16.0. The van der Waals surface area contributed by atoms with Gasteiger partial charge in [0, 0.05) is 0 Å². The number of hydrogen-bond acceptors (Lipinski definition) is 4. The lowest BCUT2D eigenvalue weighted by atomic mass is 10.2. The monoisotopic (exact) mass is 705 g/mol. The van der Waals surface area contributed by atoms with E-state index in [1.165, 1.54) is 174 Å². The average molecular weight is 705 g/mol. The van der Waals surface area contributed by atoms with Crippen LogP contribution >= 0.6 is 47.0 Å². The van der Waals surface area contributed by atoms with Gasteiger partial charge in [0.25, 0.3) is 0 Å². The van der Waals surface area contributed by atoms with Crippen LogP contribution < -0.4 is 0 Å². The molecular weight excluding hydrogens is 609 g/mol. The molecule has 0 radical (unpaired) electrons. The molecule has 0 aromatic carbocycles. The molecule has 0 aromatic rings. The largest absolute Gasteiger partial charge is 0.162 e. The van der Waals surface area contributed by atoms with Crippen LogP contribution in [0, 0.1) is 0 Å². The molecule has 0 amide bonds. The topological polar surface area (TPSA) is 0 Å². The zero-order chi connectivity index (χ0) is 30.6. The Hall–Kier alpha value is 1.40. The molecule has 0 saturated heterocycles. The van der Waals surface area contributed by atoms with Gasteiger partial charge in [-0.1, -0.05) is 188 Å². The van der Waals surface area contributed by atoms with Gasteiger partial charge in [-0.25, -0.2) is 0 Å². The maximum Gasteiger partial charge on any atom is -0.00676 e. The first kappa shape index (κ1) is 64.0. The third-order valence-corrected chi connectivity index (χ3v) is 10.3. The quantitative estimate of drug-likeness (QED) is 0.0743. The smallest absolute Gasteiger partial charge is 0.00676 e. The van der Waals surface area contributed by atoms with Crippen molar-refractivity contribution in [3.63, 3.8) is 0 Å². The standard InChI is InChI=1S/4C9H20S.4CH4/c4*1-3-5-6-7-8-9-10-4-2;;;;/h4*3-9H2,1-2H3;4*1H4. The predicted octanol–water partition coefficient (Wildman–Crippen LogP) is 17.4. The van der Waals surface area contributed by atoms with Crippen molar-refractivity contribution in [3.05, 3.63) is 0 Å². The summed E-state index contributed by atoms with van der Waals surface area (Å²) in [6.45, 7) is 18.0. The lowest BCUT2D eigenvalue weighted by molar-refractivity contribution is 0.659. The van der Waals surface area contributed by atoms with E-state index in [9.17, 15) is 0 Å². The summed E-state index contributed by atoms with van der Waals surface area (Å²) in [7, 11) is 0. The van der Waals surface area contributed by atoms with Gasteiger partial charge in [-0.15, -0.1) is 0 Å². The number of thioether (sulfide) groups is 4. The first-order chi connectivity index (χ1) is 19.7. The molecule has 0 rings (SSSR count). The van der Waals surface area contributed by atoms with Crippen LogP contribution in [0.3, 0.4) is 0 Å². The molecule has 0 bridgehead atoms. The maximum absolute atomic E-state index is 2.26. The third kappa shape index (κ3) is 90.3. The molecule has 0 aliphatic carbocycles. The van der Waals surface area contributed by atoms with E-state index in [1.54, 1.807) is 0 Å². The molecule has 0 spiro atoms. The van der Waals surface area contributed by atoms with Crippen LogP contribution in [0.2, 0.25) is 0 Å². The Balaban J connectivity index is -0.0000000635. The molecule has 0 aliphatic rings. The Labute approximate surface area is 305 Å². The van der Waals surface area contributed by atoms with Crippen LogP contribution in [-0.2, 0) is 0 Å². The van der Waals surface area contributed by atoms with Crippen molar-refractivity contribution < 1.29 is 0 Å². The fourth-order valence-electron chi connectivity index (χ4n) is 3.81. The Morgan fingerprint density at radius 3 is 0.523 bits per heavy atom. The minimum Gasteiger partial charge on any atom is -0.162 e. The van der Waals surface area contributed by atoms with Crippen LogP contribution in [0.15, 0.2) is 0 Å². The third-order valence-electron chi connectivity index (χ3n) is 6.39. The van der Waals surface area contributed by atoms with Gasteiger partial charge in [-0.05, 0) is 71.7 Å². The van der Waals surface area contributed by atoms with E-state index in [2.05, 4.69) is 102 Å². The molecule has 0 nitrogen and oxygen atoms in total. The number of hydrogen-bond donors (Lipinski definition) is 0. The van der Waals surface area contributed by atoms with E-state index >= 15 is 0 Å². The van der Waals surface area contributed by atoms with Gasteiger partial charge < -0.3 is 0 Å². The van der Waals surface area contributed by atoms with Crippen molar-refractivity contribution in [1.29, 1.82) is 0 Å². The van der Waals surface area contributed by atoms with E-state index in [4.69, 9.17) is 0 Å². The highest BCUT2D eigenvalue weighted by atomic mass is 32.2. The summed E-state index contributed by atoms with van der Waals surface area (Å²) in [5, 5.41) is 0. The first-order valence-corrected chi connectivity index (χ1v) is 22.6. The second kappa shape index (κ2) is 75.0. The van der Waals surface area contributed by atoms with Gasteiger partial charge in [-0.2, -0.15) is 47.0 Å². The van der Waals surface area contributed by atoms with Gasteiger partial charge in [0.15, 0.2) is 0 Å². The number of unbranched alkanes of at least 4 members (excludes halogenated alkanes) is 16. The van der Waals surface area contributed by atoms with Crippen molar-refractivity contribution in [2.45, 2.75) is 214 Å². The van der Waals surface area contributed by atoms with Crippen molar-refractivity contribution in [2.24, 2.45) is 0 Å². The van der Waals surface area contributed by atoms with Crippen molar-refractivity contribution in [1.82, 2.24) is 0 Å². The second-order valence-electron chi connectivity index (χ2n) is 10.4. The summed E-state index contributed by atoms with van der Waals surface area (Å²) < 4.78 is 0. The average Bonchev–Trinajstić information content (AvgIpc) is 2.97. The van der Waals surface area contributed by atoms with E-state index in [-0.39, 0.29) is 29.7 Å². The Morgan fingerprint density at radius 1 is 0.227 bits per heavy atom. The van der Waals surface area contributed by atoms with Crippen molar-refractivity contribution in [2.75, 3.05) is 46.0 Å². The highest BCUT2D eigenvalue weighted by Crippen LogP contribution is 2.10. The minimum atomic E-state index is 0. The van der Waals surface area contributed by atoms with Crippen LogP contribution in [0.5, 0.6) is 0 Å². The summed E-state index contributed by atoms with van der Waals surface area (Å²) in [5.41, 5.74) is 0. The van der Waals surface area contributed by atoms with Gasteiger partial charge in [0.1, 0.15) is 0 Å². The molecule has 0 aliphatic heterocycles. The Kier molecular flexibility index (Phi) is 109. The van der Waals surface area contributed by atoms with E-state index in [1.807, 2.05) is 0 Å². The van der Waals surface area contributed by atoms with Crippen LogP contribution in [0.25, 0.3) is 0 Å². The summed E-state index contributed by atoms with van der Waals surface area (Å²) >= 11 is 8.26. The number of rotatable bonds is 28. The maximum atomic E-state index is 2.26.